The van der Waals surface area contributed by atoms with Crippen molar-refractivity contribution in [3.8, 4) is 5.75 Å². The fourth-order valence-electron chi connectivity index (χ4n) is 2.07. The van der Waals surface area contributed by atoms with Crippen LogP contribution < -0.4 is 10.5 Å². The van der Waals surface area contributed by atoms with Crippen LogP contribution in [-0.2, 0) is 0 Å². The normalized spacial score (nSPS) is 10.7. The van der Waals surface area contributed by atoms with Crippen molar-refractivity contribution in [2.75, 3.05) is 12.8 Å². The van der Waals surface area contributed by atoms with Gasteiger partial charge in [-0.2, -0.15) is 0 Å². The first-order valence-electron chi connectivity index (χ1n) is 6.23. The van der Waals surface area contributed by atoms with Crippen molar-refractivity contribution in [2.24, 2.45) is 0 Å². The Labute approximate surface area is 121 Å². The summed E-state index contributed by atoms with van der Waals surface area (Å²) in [6, 6.07) is 15.8. The third-order valence-electron chi connectivity index (χ3n) is 3.05. The third-order valence-corrected chi connectivity index (χ3v) is 4.22. The molecule has 1 heterocycles. The van der Waals surface area contributed by atoms with E-state index in [2.05, 4.69) is 4.98 Å². The third kappa shape index (κ3) is 2.30. The summed E-state index contributed by atoms with van der Waals surface area (Å²) in [4.78, 5) is 6.57. The summed E-state index contributed by atoms with van der Waals surface area (Å²) >= 11 is 1.64. The van der Waals surface area contributed by atoms with E-state index >= 15 is 0 Å². The Kier molecular flexibility index (Phi) is 3.48. The van der Waals surface area contributed by atoms with Crippen LogP contribution in [0, 0.1) is 0 Å². The molecule has 0 unspecified atom stereocenters. The fraction of sp³-hybridized carbons (Fsp3) is 0.0625. The Balaban J connectivity index is 2.11. The molecular weight excluding hydrogens is 268 g/mol. The molecule has 4 heteroatoms. The van der Waals surface area contributed by atoms with Gasteiger partial charge in [0, 0.05) is 27.1 Å². The number of benzene rings is 2. The van der Waals surface area contributed by atoms with Crippen molar-refractivity contribution in [1.82, 2.24) is 4.98 Å². The molecule has 3 aromatic rings. The van der Waals surface area contributed by atoms with Crippen molar-refractivity contribution in [3.05, 3.63) is 54.7 Å². The largest absolute Gasteiger partial charge is 0.494 e. The Morgan fingerprint density at radius 1 is 1.00 bits per heavy atom. The van der Waals surface area contributed by atoms with Crippen LogP contribution in [0.1, 0.15) is 0 Å². The number of methoxy groups -OCH3 is 1. The smallest absolute Gasteiger partial charge is 0.145 e. The lowest BCUT2D eigenvalue weighted by Crippen LogP contribution is -1.90. The number of nitrogens with two attached hydrogens (primary N) is 1. The van der Waals surface area contributed by atoms with Gasteiger partial charge < -0.3 is 10.5 Å². The Morgan fingerprint density at radius 2 is 1.85 bits per heavy atom. The van der Waals surface area contributed by atoms with Crippen LogP contribution in [0.5, 0.6) is 5.75 Å². The monoisotopic (exact) mass is 282 g/mol. The molecule has 0 spiro atoms. The van der Waals surface area contributed by atoms with E-state index in [1.165, 1.54) is 0 Å². The molecule has 0 aliphatic heterocycles. The highest BCUT2D eigenvalue weighted by molar-refractivity contribution is 7.99. The van der Waals surface area contributed by atoms with Gasteiger partial charge in [-0.05, 0) is 24.3 Å². The van der Waals surface area contributed by atoms with E-state index in [-0.39, 0.29) is 0 Å². The molecule has 100 valence electrons. The van der Waals surface area contributed by atoms with Gasteiger partial charge in [-0.25, -0.2) is 0 Å². The maximum Gasteiger partial charge on any atom is 0.145 e. The highest BCUT2D eigenvalue weighted by Crippen LogP contribution is 2.37. The minimum Gasteiger partial charge on any atom is -0.494 e. The summed E-state index contributed by atoms with van der Waals surface area (Å²) in [6.45, 7) is 0. The molecule has 20 heavy (non-hydrogen) atoms. The van der Waals surface area contributed by atoms with Gasteiger partial charge in [-0.15, -0.1) is 0 Å². The first-order chi connectivity index (χ1) is 9.79. The number of aromatic nitrogens is 1. The number of pyridine rings is 1. The summed E-state index contributed by atoms with van der Waals surface area (Å²) in [6.07, 6.45) is 1.80. The van der Waals surface area contributed by atoms with E-state index in [0.29, 0.717) is 0 Å². The first-order valence-corrected chi connectivity index (χ1v) is 7.05. The van der Waals surface area contributed by atoms with Gasteiger partial charge >= 0.3 is 0 Å². The molecule has 3 nitrogen and oxygen atoms in total. The highest BCUT2D eigenvalue weighted by Gasteiger charge is 2.08. The molecule has 3 rings (SSSR count). The van der Waals surface area contributed by atoms with Gasteiger partial charge in [0.1, 0.15) is 11.3 Å². The zero-order valence-electron chi connectivity index (χ0n) is 11.0. The minimum absolute atomic E-state index is 0.783. The molecule has 0 aliphatic carbocycles. The molecule has 0 saturated heterocycles. The van der Waals surface area contributed by atoms with Gasteiger partial charge in [0.05, 0.1) is 7.11 Å². The number of ether oxygens (including phenoxy) is 1. The zero-order valence-corrected chi connectivity index (χ0v) is 11.9. The Bertz CT molecular complexity index is 758. The molecule has 0 atom stereocenters. The lowest BCUT2D eigenvalue weighted by atomic mass is 10.2. The van der Waals surface area contributed by atoms with Crippen LogP contribution in [0.3, 0.4) is 0 Å². The quantitative estimate of drug-likeness (QED) is 0.738. The van der Waals surface area contributed by atoms with E-state index in [1.807, 2.05) is 48.5 Å². The predicted molar refractivity (Wildman–Crippen MR) is 83.3 cm³/mol. The summed E-state index contributed by atoms with van der Waals surface area (Å²) in [5.41, 5.74) is 7.66. The summed E-state index contributed by atoms with van der Waals surface area (Å²) in [5.74, 6) is 0.783. The average Bonchev–Trinajstić information content (AvgIpc) is 2.49. The molecule has 0 fully saturated rings. The molecule has 2 aromatic carbocycles. The van der Waals surface area contributed by atoms with Crippen LogP contribution in [0.4, 0.5) is 5.69 Å². The second-order valence-electron chi connectivity index (χ2n) is 4.31. The van der Waals surface area contributed by atoms with Gasteiger partial charge in [-0.1, -0.05) is 36.0 Å². The number of rotatable bonds is 3. The Hall–Kier alpha value is -2.20. The van der Waals surface area contributed by atoms with Crippen LogP contribution in [-0.4, -0.2) is 12.1 Å². The van der Waals surface area contributed by atoms with Crippen molar-refractivity contribution < 1.29 is 4.74 Å². The van der Waals surface area contributed by atoms with Crippen LogP contribution >= 0.6 is 11.8 Å². The maximum absolute atomic E-state index is 6.01. The van der Waals surface area contributed by atoms with Crippen LogP contribution in [0.2, 0.25) is 0 Å². The molecule has 0 aliphatic rings. The standard InChI is InChI=1S/C16H14N2OS/c1-19-13-7-4-5-11-14(9-10-18-16(11)13)20-15-8-3-2-6-12(15)17/h2-10H,17H2,1H3. The molecule has 0 radical (unpaired) electrons. The number of anilines is 1. The molecular formula is C16H14N2OS. The van der Waals surface area contributed by atoms with Crippen molar-refractivity contribution in [1.29, 1.82) is 0 Å². The Morgan fingerprint density at radius 3 is 2.65 bits per heavy atom. The SMILES string of the molecule is COc1cccc2c(Sc3ccccc3N)ccnc12. The molecule has 2 N–H and O–H groups in total. The second kappa shape index (κ2) is 5.43. The van der Waals surface area contributed by atoms with Gasteiger partial charge in [0.2, 0.25) is 0 Å². The van der Waals surface area contributed by atoms with E-state index in [1.54, 1.807) is 25.1 Å². The number of hydrogen-bond donors (Lipinski definition) is 1. The first kappa shape index (κ1) is 12.8. The molecule has 0 saturated carbocycles. The van der Waals surface area contributed by atoms with E-state index in [0.717, 1.165) is 32.1 Å². The summed E-state index contributed by atoms with van der Waals surface area (Å²) < 4.78 is 5.36. The number of nitrogens with zero attached hydrogens (tertiary/aromatic N) is 1. The number of fused-ring (bicyclic) bond motifs is 1. The second-order valence-corrected chi connectivity index (χ2v) is 5.39. The van der Waals surface area contributed by atoms with E-state index in [4.69, 9.17) is 10.5 Å². The van der Waals surface area contributed by atoms with Crippen LogP contribution in [0.25, 0.3) is 10.9 Å². The van der Waals surface area contributed by atoms with Crippen LogP contribution in [0.15, 0.2) is 64.5 Å². The predicted octanol–water partition coefficient (Wildman–Crippen LogP) is 3.98. The summed E-state index contributed by atoms with van der Waals surface area (Å²) in [5, 5.41) is 1.07. The lowest BCUT2D eigenvalue weighted by molar-refractivity contribution is 0.419. The maximum atomic E-state index is 6.01. The van der Waals surface area contributed by atoms with Gasteiger partial charge in [0.15, 0.2) is 0 Å². The van der Waals surface area contributed by atoms with E-state index in [9.17, 15) is 0 Å². The average molecular weight is 282 g/mol. The van der Waals surface area contributed by atoms with Crippen molar-refractivity contribution in [3.63, 3.8) is 0 Å². The lowest BCUT2D eigenvalue weighted by Gasteiger charge is -2.09. The number of nitrogen functional groups attached to an aromatic ring is 1. The van der Waals surface area contributed by atoms with Crippen molar-refractivity contribution >= 4 is 28.4 Å². The molecule has 1 aromatic heterocycles. The van der Waals surface area contributed by atoms with Crippen molar-refractivity contribution in [2.45, 2.75) is 9.79 Å². The topological polar surface area (TPSA) is 48.1 Å². The molecule has 0 bridgehead atoms. The minimum atomic E-state index is 0.783. The van der Waals surface area contributed by atoms with E-state index < -0.39 is 0 Å². The van der Waals surface area contributed by atoms with Gasteiger partial charge in [0.25, 0.3) is 0 Å². The fourth-order valence-corrected chi connectivity index (χ4v) is 3.04. The van der Waals surface area contributed by atoms with Gasteiger partial charge in [-0.3, -0.25) is 4.98 Å². The highest BCUT2D eigenvalue weighted by atomic mass is 32.2. The number of para-hydroxylation sites is 2. The number of hydrogen-bond acceptors (Lipinski definition) is 4. The molecule has 0 amide bonds. The zero-order chi connectivity index (χ0) is 13.9. The summed E-state index contributed by atoms with van der Waals surface area (Å²) in [7, 11) is 1.66.